The lowest BCUT2D eigenvalue weighted by Crippen LogP contribution is -2.12. The fraction of sp³-hybridized carbons (Fsp3) is 0.211. The topological polar surface area (TPSA) is 79.9 Å². The summed E-state index contributed by atoms with van der Waals surface area (Å²) in [6, 6.07) is 13.7. The number of pyridine rings is 1. The lowest BCUT2D eigenvalue weighted by atomic mass is 10.0. The Morgan fingerprint density at radius 2 is 2.08 bits per heavy atom. The molecule has 1 aromatic carbocycles. The van der Waals surface area contributed by atoms with Gasteiger partial charge in [-0.25, -0.2) is 0 Å². The number of fused-ring (bicyclic) bond motifs is 1. The minimum Gasteiger partial charge on any atom is -0.487 e. The van der Waals surface area contributed by atoms with Crippen molar-refractivity contribution in [3.05, 3.63) is 71.2 Å². The molecule has 26 heavy (non-hydrogen) atoms. The molecule has 0 fully saturated rings. The van der Waals surface area contributed by atoms with Gasteiger partial charge in [0.25, 0.3) is 0 Å². The zero-order chi connectivity index (χ0) is 17.9. The van der Waals surface area contributed by atoms with Gasteiger partial charge in [-0.1, -0.05) is 18.2 Å². The molecule has 0 bridgehead atoms. The van der Waals surface area contributed by atoms with Gasteiger partial charge in [0.05, 0.1) is 16.7 Å². The summed E-state index contributed by atoms with van der Waals surface area (Å²) in [5.41, 5.74) is 4.00. The van der Waals surface area contributed by atoms with Crippen molar-refractivity contribution < 1.29 is 9.53 Å². The van der Waals surface area contributed by atoms with E-state index in [-0.39, 0.29) is 11.2 Å². The fourth-order valence-electron chi connectivity index (χ4n) is 2.91. The minimum absolute atomic E-state index is 0.0273. The number of anilines is 1. The summed E-state index contributed by atoms with van der Waals surface area (Å²) in [7, 11) is 0. The van der Waals surface area contributed by atoms with Crippen LogP contribution in [0.25, 0.3) is 0 Å². The largest absolute Gasteiger partial charge is 0.487 e. The number of aromatic nitrogens is 3. The molecule has 2 aromatic heterocycles. The second kappa shape index (κ2) is 7.21. The van der Waals surface area contributed by atoms with Crippen LogP contribution in [0.1, 0.15) is 27.8 Å². The smallest absolute Gasteiger partial charge is 0.235 e. The first-order valence-corrected chi connectivity index (χ1v) is 9.34. The number of thioether (sulfide) groups is 1. The van der Waals surface area contributed by atoms with Gasteiger partial charge in [-0.3, -0.25) is 14.9 Å². The Bertz CT molecular complexity index is 909. The molecule has 0 aliphatic carbocycles. The van der Waals surface area contributed by atoms with Crippen molar-refractivity contribution in [3.63, 3.8) is 0 Å². The van der Waals surface area contributed by atoms with Crippen LogP contribution in [0, 0.1) is 6.92 Å². The minimum atomic E-state index is -0.0273. The Balaban J connectivity index is 1.53. The van der Waals surface area contributed by atoms with Crippen LogP contribution in [0.15, 0.2) is 48.7 Å². The number of H-pyrrole nitrogens is 1. The average Bonchev–Trinajstić information content (AvgIpc) is 2.93. The quantitative estimate of drug-likeness (QED) is 0.739. The number of rotatable bonds is 4. The van der Waals surface area contributed by atoms with E-state index >= 15 is 0 Å². The van der Waals surface area contributed by atoms with E-state index in [1.807, 2.05) is 49.4 Å². The Kier molecular flexibility index (Phi) is 4.62. The van der Waals surface area contributed by atoms with Gasteiger partial charge in [0.2, 0.25) is 5.91 Å². The van der Waals surface area contributed by atoms with Crippen molar-refractivity contribution >= 4 is 23.5 Å². The van der Waals surface area contributed by atoms with E-state index in [0.717, 1.165) is 28.3 Å². The standard InChI is InChI=1S/C19H18N4O2S/c1-12-17-18(26-11-16(24)21-19(17)23-22-12)13-5-7-15(8-6-13)25-10-14-4-2-3-9-20-14/h2-9,18H,10-11H2,1H3,(H2,21,22,23,24)/t18-/m1/s1. The van der Waals surface area contributed by atoms with Gasteiger partial charge in [0.1, 0.15) is 12.4 Å². The third-order valence-electron chi connectivity index (χ3n) is 4.19. The highest BCUT2D eigenvalue weighted by molar-refractivity contribution is 8.00. The molecule has 1 aliphatic heterocycles. The number of aryl methyl sites for hydroxylation is 1. The van der Waals surface area contributed by atoms with Gasteiger partial charge in [0, 0.05) is 17.5 Å². The lowest BCUT2D eigenvalue weighted by Gasteiger charge is -2.15. The molecule has 2 N–H and O–H groups in total. The van der Waals surface area contributed by atoms with E-state index in [4.69, 9.17) is 4.74 Å². The number of aromatic amines is 1. The van der Waals surface area contributed by atoms with Crippen molar-refractivity contribution in [2.75, 3.05) is 11.1 Å². The Morgan fingerprint density at radius 1 is 1.23 bits per heavy atom. The van der Waals surface area contributed by atoms with Crippen LogP contribution in [0.5, 0.6) is 5.75 Å². The molecule has 1 atom stereocenters. The van der Waals surface area contributed by atoms with Crippen molar-refractivity contribution in [3.8, 4) is 5.75 Å². The SMILES string of the molecule is Cc1[nH]nc2c1[C@@H](c1ccc(OCc3ccccn3)cc1)SCC(=O)N2. The molecule has 7 heteroatoms. The van der Waals surface area contributed by atoms with Gasteiger partial charge in [-0.05, 0) is 36.8 Å². The molecule has 3 aromatic rings. The van der Waals surface area contributed by atoms with Gasteiger partial charge < -0.3 is 10.1 Å². The van der Waals surface area contributed by atoms with E-state index in [2.05, 4.69) is 20.5 Å². The number of benzene rings is 1. The monoisotopic (exact) mass is 366 g/mol. The van der Waals surface area contributed by atoms with E-state index < -0.39 is 0 Å². The Labute approximate surface area is 155 Å². The predicted molar refractivity (Wildman–Crippen MR) is 101 cm³/mol. The molecule has 0 radical (unpaired) electrons. The molecule has 6 nitrogen and oxygen atoms in total. The van der Waals surface area contributed by atoms with E-state index in [9.17, 15) is 4.79 Å². The molecule has 1 aliphatic rings. The number of nitrogens with one attached hydrogen (secondary N) is 2. The number of hydrogen-bond donors (Lipinski definition) is 2. The van der Waals surface area contributed by atoms with E-state index in [0.29, 0.717) is 18.2 Å². The van der Waals surface area contributed by atoms with Crippen LogP contribution in [0.2, 0.25) is 0 Å². The summed E-state index contributed by atoms with van der Waals surface area (Å²) in [4.78, 5) is 16.1. The van der Waals surface area contributed by atoms with Crippen LogP contribution in [-0.4, -0.2) is 26.8 Å². The van der Waals surface area contributed by atoms with Gasteiger partial charge in [0.15, 0.2) is 5.82 Å². The van der Waals surface area contributed by atoms with Crippen LogP contribution >= 0.6 is 11.8 Å². The number of amides is 1. The Morgan fingerprint density at radius 3 is 2.85 bits per heavy atom. The normalized spacial score (nSPS) is 16.5. The van der Waals surface area contributed by atoms with Crippen LogP contribution in [-0.2, 0) is 11.4 Å². The molecule has 3 heterocycles. The number of carbonyl (C=O) groups is 1. The molecule has 132 valence electrons. The number of carbonyl (C=O) groups excluding carboxylic acids is 1. The third kappa shape index (κ3) is 3.43. The molecule has 0 saturated carbocycles. The molecule has 1 amide bonds. The Hall–Kier alpha value is -2.80. The second-order valence-corrected chi connectivity index (χ2v) is 7.12. The zero-order valence-corrected chi connectivity index (χ0v) is 15.0. The maximum atomic E-state index is 11.9. The van der Waals surface area contributed by atoms with Crippen LogP contribution in [0.4, 0.5) is 5.82 Å². The number of hydrogen-bond acceptors (Lipinski definition) is 5. The van der Waals surface area contributed by atoms with Crippen LogP contribution in [0.3, 0.4) is 0 Å². The number of ether oxygens (including phenoxy) is 1. The van der Waals surface area contributed by atoms with Gasteiger partial charge >= 0.3 is 0 Å². The first-order chi connectivity index (χ1) is 12.7. The molecule has 4 rings (SSSR count). The highest BCUT2D eigenvalue weighted by Gasteiger charge is 2.28. The summed E-state index contributed by atoms with van der Waals surface area (Å²) < 4.78 is 5.80. The fourth-order valence-corrected chi connectivity index (χ4v) is 4.10. The van der Waals surface area contributed by atoms with E-state index in [1.165, 1.54) is 0 Å². The summed E-state index contributed by atoms with van der Waals surface area (Å²) >= 11 is 1.60. The highest BCUT2D eigenvalue weighted by Crippen LogP contribution is 2.42. The molecule has 0 spiro atoms. The van der Waals surface area contributed by atoms with Crippen molar-refractivity contribution in [2.45, 2.75) is 18.8 Å². The number of nitrogens with zero attached hydrogens (tertiary/aromatic N) is 2. The first-order valence-electron chi connectivity index (χ1n) is 8.29. The zero-order valence-electron chi connectivity index (χ0n) is 14.2. The molecular formula is C19H18N4O2S. The predicted octanol–water partition coefficient (Wildman–Crippen LogP) is 3.47. The van der Waals surface area contributed by atoms with Gasteiger partial charge in [-0.15, -0.1) is 11.8 Å². The summed E-state index contributed by atoms with van der Waals surface area (Å²) in [5.74, 6) is 1.79. The maximum Gasteiger partial charge on any atom is 0.235 e. The first kappa shape index (κ1) is 16.7. The van der Waals surface area contributed by atoms with Gasteiger partial charge in [-0.2, -0.15) is 5.10 Å². The maximum absolute atomic E-state index is 11.9. The lowest BCUT2D eigenvalue weighted by molar-refractivity contribution is -0.113. The summed E-state index contributed by atoms with van der Waals surface area (Å²) in [5, 5.41) is 10.1. The summed E-state index contributed by atoms with van der Waals surface area (Å²) in [6.07, 6.45) is 1.76. The average molecular weight is 366 g/mol. The molecule has 0 unspecified atom stereocenters. The summed E-state index contributed by atoms with van der Waals surface area (Å²) in [6.45, 7) is 2.41. The van der Waals surface area contributed by atoms with Crippen molar-refractivity contribution in [1.29, 1.82) is 0 Å². The molecule has 0 saturated heterocycles. The second-order valence-electron chi connectivity index (χ2n) is 6.03. The van der Waals surface area contributed by atoms with Crippen molar-refractivity contribution in [2.24, 2.45) is 0 Å². The third-order valence-corrected chi connectivity index (χ3v) is 5.46. The highest BCUT2D eigenvalue weighted by atomic mass is 32.2. The molecular weight excluding hydrogens is 348 g/mol. The van der Waals surface area contributed by atoms with Crippen LogP contribution < -0.4 is 10.1 Å². The van der Waals surface area contributed by atoms with Crippen molar-refractivity contribution in [1.82, 2.24) is 15.2 Å². The van der Waals surface area contributed by atoms with E-state index in [1.54, 1.807) is 18.0 Å².